The van der Waals surface area contributed by atoms with Gasteiger partial charge in [-0.25, -0.2) is 0 Å². The van der Waals surface area contributed by atoms with Crippen LogP contribution in [0.2, 0.25) is 0 Å². The number of aliphatic hydroxyl groups excluding tert-OH is 2. The summed E-state index contributed by atoms with van der Waals surface area (Å²) in [6, 6.07) is 0. The van der Waals surface area contributed by atoms with Gasteiger partial charge in [-0.1, -0.05) is 0 Å². The first kappa shape index (κ1) is 22.6. The molecule has 10 nitrogen and oxygen atoms in total. The molecule has 1 saturated carbocycles. The van der Waals surface area contributed by atoms with Crippen LogP contribution in [0.5, 0.6) is 0 Å². The Morgan fingerprint density at radius 3 is 1.85 bits per heavy atom. The van der Waals surface area contributed by atoms with E-state index in [0.717, 1.165) is 6.42 Å². The Bertz CT molecular complexity index is 496. The summed E-state index contributed by atoms with van der Waals surface area (Å²) in [5.41, 5.74) is -0.490. The maximum absolute atomic E-state index is 11.9. The van der Waals surface area contributed by atoms with E-state index < -0.39 is 41.6 Å². The summed E-state index contributed by atoms with van der Waals surface area (Å²) in [5.74, 6) is -0.708. The zero-order valence-corrected chi connectivity index (χ0v) is 17.9. The Morgan fingerprint density at radius 1 is 0.923 bits per heavy atom. The molecule has 5 atom stereocenters. The fraction of sp³-hybridized carbons (Fsp3) is 1.00. The first-order valence-electron chi connectivity index (χ1n) is 8.58. The summed E-state index contributed by atoms with van der Waals surface area (Å²) in [6.45, 7) is 0. The van der Waals surface area contributed by atoms with E-state index in [1.165, 1.54) is 0 Å². The monoisotopic (exact) mass is 418 g/mol. The summed E-state index contributed by atoms with van der Waals surface area (Å²) in [4.78, 5) is 0. The summed E-state index contributed by atoms with van der Waals surface area (Å²) in [7, 11) is 1.17. The number of aliphatic hydroxyl groups is 2. The topological polar surface area (TPSA) is 141 Å². The van der Waals surface area contributed by atoms with E-state index in [4.69, 9.17) is 4.08 Å². The molecule has 5 unspecified atom stereocenters. The standard InChI is InChI=1S/C14H32ClN4O6P/c1-17(2)26(18(3)4,19(5)6,25-15(22,23)24)11-9-7-8-10-12(11)14(21)16-13(10)20/h10-14,16,20-21H,7-9H2,1-6H3. The van der Waals surface area contributed by atoms with E-state index in [1.54, 1.807) is 56.3 Å². The molecule has 3 N–H and O–H groups in total. The van der Waals surface area contributed by atoms with Gasteiger partial charge in [0.25, 0.3) is 0 Å². The minimum atomic E-state index is -4.75. The van der Waals surface area contributed by atoms with Crippen LogP contribution < -0.4 is 19.3 Å². The molecule has 0 radical (unpaired) electrons. The molecule has 2 fully saturated rings. The predicted molar refractivity (Wildman–Crippen MR) is 88.8 cm³/mol. The molecule has 156 valence electrons. The third-order valence-electron chi connectivity index (χ3n) is 6.14. The molecule has 0 spiro atoms. The average molecular weight is 419 g/mol. The van der Waals surface area contributed by atoms with Crippen molar-refractivity contribution in [3.05, 3.63) is 0 Å². The van der Waals surface area contributed by atoms with Gasteiger partial charge in [0.2, 0.25) is 0 Å². The van der Waals surface area contributed by atoms with Crippen LogP contribution in [0.3, 0.4) is 0 Å². The normalized spacial score (nSPS) is 35.0. The second kappa shape index (κ2) is 7.29. The van der Waals surface area contributed by atoms with Crippen LogP contribution in [0.1, 0.15) is 19.3 Å². The Labute approximate surface area is 157 Å². The van der Waals surface area contributed by atoms with E-state index >= 15 is 0 Å². The van der Waals surface area contributed by atoms with Crippen LogP contribution >= 0.6 is 7.28 Å². The molecule has 1 heterocycles. The van der Waals surface area contributed by atoms with Crippen molar-refractivity contribution in [3.63, 3.8) is 0 Å². The molecule has 26 heavy (non-hydrogen) atoms. The van der Waals surface area contributed by atoms with Gasteiger partial charge in [-0.3, -0.25) is 0 Å². The molecule has 1 aliphatic heterocycles. The molecule has 1 aliphatic carbocycles. The predicted octanol–water partition coefficient (Wildman–Crippen LogP) is -3.18. The number of fused-ring (bicyclic) bond motifs is 1. The number of hydrogen-bond donors (Lipinski definition) is 3. The van der Waals surface area contributed by atoms with Gasteiger partial charge >= 0.3 is 157 Å². The summed E-state index contributed by atoms with van der Waals surface area (Å²) in [6.07, 6.45) is 0.0902. The van der Waals surface area contributed by atoms with Crippen molar-refractivity contribution in [1.29, 1.82) is 0 Å². The number of hydrogen-bond acceptors (Lipinski definition) is 10. The molecular weight excluding hydrogens is 387 g/mol. The van der Waals surface area contributed by atoms with Gasteiger partial charge in [-0.15, -0.1) is 0 Å². The molecule has 0 amide bonds. The van der Waals surface area contributed by atoms with Crippen molar-refractivity contribution in [3.8, 4) is 0 Å². The van der Waals surface area contributed by atoms with Gasteiger partial charge in [0.1, 0.15) is 0 Å². The van der Waals surface area contributed by atoms with Crippen molar-refractivity contribution in [2.45, 2.75) is 37.4 Å². The van der Waals surface area contributed by atoms with Crippen molar-refractivity contribution in [2.24, 2.45) is 11.8 Å². The van der Waals surface area contributed by atoms with Crippen LogP contribution in [0, 0.1) is 22.1 Å². The fourth-order valence-electron chi connectivity index (χ4n) is 5.34. The minimum absolute atomic E-state index is 0.250. The molecule has 2 aliphatic rings. The Hall–Kier alpha value is 0.320. The SMILES string of the molecule is CN(C)P(O[Cl+3]([O-])([O-])[O-])(C1CCCC2C(O)NC(O)C21)(N(C)C)N(C)C. The van der Waals surface area contributed by atoms with E-state index in [2.05, 4.69) is 5.32 Å². The molecule has 1 saturated heterocycles. The molecule has 0 aromatic heterocycles. The van der Waals surface area contributed by atoms with Gasteiger partial charge in [0, 0.05) is 0 Å². The van der Waals surface area contributed by atoms with Crippen molar-refractivity contribution in [2.75, 3.05) is 42.3 Å². The number of nitrogens with one attached hydrogen (secondary N) is 1. The summed E-state index contributed by atoms with van der Waals surface area (Å²) < 4.78 is 46.1. The number of rotatable bonds is 6. The second-order valence-corrected chi connectivity index (χ2v) is 14.1. The van der Waals surface area contributed by atoms with E-state index in [0.29, 0.717) is 12.8 Å². The van der Waals surface area contributed by atoms with Crippen LogP contribution in [0.25, 0.3) is 0 Å². The van der Waals surface area contributed by atoms with E-state index in [-0.39, 0.29) is 5.92 Å². The molecule has 0 bridgehead atoms. The second-order valence-electron chi connectivity index (χ2n) is 7.75. The third-order valence-corrected chi connectivity index (χ3v) is 14.2. The summed E-state index contributed by atoms with van der Waals surface area (Å²) in [5, 5.41) is 23.6. The maximum atomic E-state index is 11.9. The fourth-order valence-corrected chi connectivity index (χ4v) is 14.1. The quantitative estimate of drug-likeness (QED) is 0.378. The van der Waals surface area contributed by atoms with Crippen molar-refractivity contribution >= 4 is 7.28 Å². The Morgan fingerprint density at radius 2 is 1.42 bits per heavy atom. The van der Waals surface area contributed by atoms with Crippen molar-refractivity contribution in [1.82, 2.24) is 19.3 Å². The van der Waals surface area contributed by atoms with E-state index in [9.17, 15) is 24.2 Å². The van der Waals surface area contributed by atoms with Gasteiger partial charge in [-0.05, 0) is 0 Å². The van der Waals surface area contributed by atoms with Gasteiger partial charge in [-0.2, -0.15) is 0 Å². The summed E-state index contributed by atoms with van der Waals surface area (Å²) >= 11 is 0. The van der Waals surface area contributed by atoms with Crippen LogP contribution in [-0.4, -0.2) is 84.6 Å². The first-order chi connectivity index (χ1) is 11.8. The third kappa shape index (κ3) is 3.10. The first-order valence-corrected chi connectivity index (χ1v) is 11.9. The van der Waals surface area contributed by atoms with Gasteiger partial charge in [0.05, 0.1) is 0 Å². The van der Waals surface area contributed by atoms with Gasteiger partial charge < -0.3 is 0 Å². The molecular formula is C14H32ClN4O6P. The molecule has 0 aromatic carbocycles. The number of halogens is 1. The zero-order chi connectivity index (χ0) is 20.1. The molecule has 0 aromatic rings. The van der Waals surface area contributed by atoms with E-state index in [1.807, 2.05) is 0 Å². The number of nitrogens with zero attached hydrogens (tertiary/aromatic N) is 3. The van der Waals surface area contributed by atoms with Gasteiger partial charge in [0.15, 0.2) is 0 Å². The van der Waals surface area contributed by atoms with Crippen LogP contribution in [0.4, 0.5) is 0 Å². The molecule has 12 heteroatoms. The average Bonchev–Trinajstić information content (AvgIpc) is 2.78. The van der Waals surface area contributed by atoms with Crippen molar-refractivity contribution < 1.29 is 38.5 Å². The zero-order valence-electron chi connectivity index (χ0n) is 16.2. The Kier molecular flexibility index (Phi) is 6.34. The van der Waals surface area contributed by atoms with Crippen LogP contribution in [0.15, 0.2) is 0 Å². The Balaban J connectivity index is 2.74. The molecule has 2 rings (SSSR count). The van der Waals surface area contributed by atoms with Crippen LogP contribution in [-0.2, 0) is 4.08 Å².